The van der Waals surface area contributed by atoms with Crippen molar-refractivity contribution in [1.82, 2.24) is 9.80 Å². The van der Waals surface area contributed by atoms with Gasteiger partial charge in [-0.2, -0.15) is 5.26 Å². The number of benzene rings is 1. The van der Waals surface area contributed by atoms with E-state index in [4.69, 9.17) is 5.26 Å². The molecule has 1 unspecified atom stereocenters. The van der Waals surface area contributed by atoms with E-state index < -0.39 is 0 Å². The lowest BCUT2D eigenvalue weighted by Gasteiger charge is -2.35. The number of nitriles is 1. The Morgan fingerprint density at radius 3 is 2.65 bits per heavy atom. The monoisotopic (exact) mass is 269 g/mol. The standard InChI is InChI=1S/C17H23N3/c1-14(12-18)20-9-7-19(8-10-20)13-15-5-6-16-3-2-4-17(16)11-15/h5-6,11,14H,2-4,7-10,13H2,1H3. The summed E-state index contributed by atoms with van der Waals surface area (Å²) in [6.45, 7) is 7.23. The molecule has 3 heteroatoms. The van der Waals surface area contributed by atoms with Crippen molar-refractivity contribution in [2.45, 2.75) is 38.8 Å². The molecule has 2 aliphatic rings. The topological polar surface area (TPSA) is 30.3 Å². The molecule has 1 aromatic rings. The first-order valence-electron chi connectivity index (χ1n) is 7.73. The van der Waals surface area contributed by atoms with Crippen LogP contribution in [-0.4, -0.2) is 42.0 Å². The number of hydrogen-bond acceptors (Lipinski definition) is 3. The number of rotatable bonds is 3. The maximum Gasteiger partial charge on any atom is 0.0950 e. The maximum atomic E-state index is 8.97. The van der Waals surface area contributed by atoms with Crippen LogP contribution in [0.3, 0.4) is 0 Å². The summed E-state index contributed by atoms with van der Waals surface area (Å²) >= 11 is 0. The molecule has 0 spiro atoms. The molecule has 0 radical (unpaired) electrons. The molecule has 1 saturated heterocycles. The molecule has 1 aromatic carbocycles. The Balaban J connectivity index is 1.56. The summed E-state index contributed by atoms with van der Waals surface area (Å²) in [5.41, 5.74) is 4.58. The van der Waals surface area contributed by atoms with Gasteiger partial charge in [0.25, 0.3) is 0 Å². The fraction of sp³-hybridized carbons (Fsp3) is 0.588. The number of aryl methyl sites for hydroxylation is 2. The van der Waals surface area contributed by atoms with Crippen LogP contribution in [0.4, 0.5) is 0 Å². The average Bonchev–Trinajstić information content (AvgIpc) is 2.95. The minimum atomic E-state index is 0.0529. The van der Waals surface area contributed by atoms with Crippen molar-refractivity contribution in [3.63, 3.8) is 0 Å². The van der Waals surface area contributed by atoms with Crippen molar-refractivity contribution in [3.8, 4) is 6.07 Å². The highest BCUT2D eigenvalue weighted by molar-refractivity contribution is 5.35. The summed E-state index contributed by atoms with van der Waals surface area (Å²) in [5.74, 6) is 0. The lowest BCUT2D eigenvalue weighted by atomic mass is 10.1. The van der Waals surface area contributed by atoms with Gasteiger partial charge in [0.1, 0.15) is 0 Å². The van der Waals surface area contributed by atoms with Crippen LogP contribution in [0.5, 0.6) is 0 Å². The second kappa shape index (κ2) is 5.95. The van der Waals surface area contributed by atoms with Gasteiger partial charge in [0, 0.05) is 32.7 Å². The van der Waals surface area contributed by atoms with Crippen LogP contribution >= 0.6 is 0 Å². The first-order valence-corrected chi connectivity index (χ1v) is 7.73. The minimum absolute atomic E-state index is 0.0529. The molecule has 0 N–H and O–H groups in total. The molecular formula is C17H23N3. The Kier molecular flexibility index (Phi) is 4.05. The molecule has 20 heavy (non-hydrogen) atoms. The minimum Gasteiger partial charge on any atom is -0.297 e. The maximum absolute atomic E-state index is 8.97. The number of fused-ring (bicyclic) bond motifs is 1. The van der Waals surface area contributed by atoms with Gasteiger partial charge in [-0.05, 0) is 42.9 Å². The van der Waals surface area contributed by atoms with Gasteiger partial charge >= 0.3 is 0 Å². The van der Waals surface area contributed by atoms with Gasteiger partial charge in [-0.1, -0.05) is 18.2 Å². The summed E-state index contributed by atoms with van der Waals surface area (Å²) < 4.78 is 0. The summed E-state index contributed by atoms with van der Waals surface area (Å²) in [4.78, 5) is 4.79. The quantitative estimate of drug-likeness (QED) is 0.843. The van der Waals surface area contributed by atoms with E-state index in [0.29, 0.717) is 0 Å². The van der Waals surface area contributed by atoms with Crippen LogP contribution in [0.25, 0.3) is 0 Å². The fourth-order valence-corrected chi connectivity index (χ4v) is 3.37. The van der Waals surface area contributed by atoms with E-state index in [1.165, 1.54) is 24.8 Å². The zero-order chi connectivity index (χ0) is 13.9. The van der Waals surface area contributed by atoms with E-state index in [1.54, 1.807) is 11.1 Å². The Bertz CT molecular complexity index is 509. The Hall–Kier alpha value is -1.37. The largest absolute Gasteiger partial charge is 0.297 e. The molecule has 1 aliphatic heterocycles. The molecule has 0 aromatic heterocycles. The van der Waals surface area contributed by atoms with E-state index in [0.717, 1.165) is 32.7 Å². The van der Waals surface area contributed by atoms with E-state index in [2.05, 4.69) is 34.1 Å². The third-order valence-electron chi connectivity index (χ3n) is 4.71. The average molecular weight is 269 g/mol. The smallest absolute Gasteiger partial charge is 0.0950 e. The highest BCUT2D eigenvalue weighted by Crippen LogP contribution is 2.23. The van der Waals surface area contributed by atoms with Gasteiger partial charge in [0.2, 0.25) is 0 Å². The summed E-state index contributed by atoms with van der Waals surface area (Å²) in [5, 5.41) is 8.97. The molecule has 1 heterocycles. The first kappa shape index (κ1) is 13.6. The van der Waals surface area contributed by atoms with E-state index in [9.17, 15) is 0 Å². The van der Waals surface area contributed by atoms with Crippen molar-refractivity contribution >= 4 is 0 Å². The van der Waals surface area contributed by atoms with Gasteiger partial charge in [0.05, 0.1) is 12.1 Å². The van der Waals surface area contributed by atoms with Crippen LogP contribution in [0, 0.1) is 11.3 Å². The Labute approximate surface area is 121 Å². The van der Waals surface area contributed by atoms with Crippen molar-refractivity contribution in [2.75, 3.05) is 26.2 Å². The molecule has 1 fully saturated rings. The molecule has 3 nitrogen and oxygen atoms in total. The lowest BCUT2D eigenvalue weighted by molar-refractivity contribution is 0.114. The number of piperazine rings is 1. The summed E-state index contributed by atoms with van der Waals surface area (Å²) in [6.07, 6.45) is 3.85. The second-order valence-corrected chi connectivity index (χ2v) is 6.07. The van der Waals surface area contributed by atoms with Crippen molar-refractivity contribution in [1.29, 1.82) is 5.26 Å². The third-order valence-corrected chi connectivity index (χ3v) is 4.71. The van der Waals surface area contributed by atoms with Crippen molar-refractivity contribution < 1.29 is 0 Å². The lowest BCUT2D eigenvalue weighted by Crippen LogP contribution is -2.48. The van der Waals surface area contributed by atoms with Gasteiger partial charge < -0.3 is 0 Å². The number of nitrogens with zero attached hydrogens (tertiary/aromatic N) is 3. The zero-order valence-corrected chi connectivity index (χ0v) is 12.3. The van der Waals surface area contributed by atoms with Crippen LogP contribution < -0.4 is 0 Å². The molecular weight excluding hydrogens is 246 g/mol. The second-order valence-electron chi connectivity index (χ2n) is 6.07. The van der Waals surface area contributed by atoms with E-state index >= 15 is 0 Å². The first-order chi connectivity index (χ1) is 9.76. The van der Waals surface area contributed by atoms with Crippen LogP contribution in [0.2, 0.25) is 0 Å². The van der Waals surface area contributed by atoms with Gasteiger partial charge in [-0.3, -0.25) is 9.80 Å². The molecule has 0 amide bonds. The predicted octanol–water partition coefficient (Wildman–Crippen LogP) is 2.20. The molecule has 1 atom stereocenters. The third kappa shape index (κ3) is 2.87. The summed E-state index contributed by atoms with van der Waals surface area (Å²) in [7, 11) is 0. The van der Waals surface area contributed by atoms with E-state index in [-0.39, 0.29) is 6.04 Å². The predicted molar refractivity (Wildman–Crippen MR) is 80.4 cm³/mol. The van der Waals surface area contributed by atoms with Crippen molar-refractivity contribution in [3.05, 3.63) is 34.9 Å². The Morgan fingerprint density at radius 2 is 1.90 bits per heavy atom. The van der Waals surface area contributed by atoms with Crippen LogP contribution in [0.1, 0.15) is 30.0 Å². The molecule has 1 aliphatic carbocycles. The van der Waals surface area contributed by atoms with Gasteiger partial charge in [-0.25, -0.2) is 0 Å². The SMILES string of the molecule is CC(C#N)N1CCN(Cc2ccc3c(c2)CCC3)CC1. The zero-order valence-electron chi connectivity index (χ0n) is 12.3. The summed E-state index contributed by atoms with van der Waals surface area (Å²) in [6, 6.07) is 9.42. The Morgan fingerprint density at radius 1 is 1.15 bits per heavy atom. The highest BCUT2D eigenvalue weighted by Gasteiger charge is 2.21. The van der Waals surface area contributed by atoms with Gasteiger partial charge in [-0.15, -0.1) is 0 Å². The molecule has 3 rings (SSSR count). The van der Waals surface area contributed by atoms with E-state index in [1.807, 2.05) is 6.92 Å². The van der Waals surface area contributed by atoms with Gasteiger partial charge in [0.15, 0.2) is 0 Å². The molecule has 0 saturated carbocycles. The normalized spacial score (nSPS) is 21.4. The van der Waals surface area contributed by atoms with Crippen LogP contribution in [-0.2, 0) is 19.4 Å². The number of hydrogen-bond donors (Lipinski definition) is 0. The highest BCUT2D eigenvalue weighted by atomic mass is 15.3. The van der Waals surface area contributed by atoms with Crippen LogP contribution in [0.15, 0.2) is 18.2 Å². The molecule has 0 bridgehead atoms. The molecule has 106 valence electrons. The van der Waals surface area contributed by atoms with Crippen molar-refractivity contribution in [2.24, 2.45) is 0 Å². The fourth-order valence-electron chi connectivity index (χ4n) is 3.37.